The van der Waals surface area contributed by atoms with Gasteiger partial charge in [-0.25, -0.2) is 13.6 Å². The lowest BCUT2D eigenvalue weighted by atomic mass is 10.1. The molecule has 1 heterocycles. The molecule has 4 N–H and O–H groups in total. The van der Waals surface area contributed by atoms with Crippen LogP contribution in [0.15, 0.2) is 70.3 Å². The SMILES string of the molecule is N#Cc1cscc1CN.NS(=O)(=O)c1ccccc1-c1ccccc1. The van der Waals surface area contributed by atoms with Gasteiger partial charge < -0.3 is 5.73 Å². The second-order valence-electron chi connectivity index (χ2n) is 5.03. The van der Waals surface area contributed by atoms with Gasteiger partial charge in [0.15, 0.2) is 0 Å². The third-order valence-corrected chi connectivity index (χ3v) is 5.12. The Hall–Kier alpha value is -2.50. The lowest BCUT2D eigenvalue weighted by Gasteiger charge is -2.07. The standard InChI is InChI=1S/C12H11NO2S.C6H6N2S/c13-16(14,15)12-9-5-4-8-11(12)10-6-2-1-3-7-10;7-1-5-3-9-4-6(5)2-8/h1-9H,(H2,13,14,15);3-4H,1,7H2. The summed E-state index contributed by atoms with van der Waals surface area (Å²) in [5, 5.41) is 17.3. The number of nitrogens with zero attached hydrogens (tertiary/aromatic N) is 1. The van der Waals surface area contributed by atoms with Gasteiger partial charge in [0.05, 0.1) is 10.5 Å². The first-order valence-electron chi connectivity index (χ1n) is 7.30. The third-order valence-electron chi connectivity index (χ3n) is 3.36. The number of hydrogen-bond acceptors (Lipinski definition) is 5. The summed E-state index contributed by atoms with van der Waals surface area (Å²) in [4.78, 5) is 0.154. The molecule has 0 aliphatic rings. The van der Waals surface area contributed by atoms with Gasteiger partial charge in [-0.15, -0.1) is 0 Å². The summed E-state index contributed by atoms with van der Waals surface area (Å²) in [7, 11) is -3.68. The van der Waals surface area contributed by atoms with Crippen LogP contribution in [0.5, 0.6) is 0 Å². The molecule has 0 unspecified atom stereocenters. The van der Waals surface area contributed by atoms with Crippen LogP contribution in [0, 0.1) is 11.3 Å². The number of hydrogen-bond donors (Lipinski definition) is 2. The molecular formula is C18H17N3O2S2. The quantitative estimate of drug-likeness (QED) is 0.737. The van der Waals surface area contributed by atoms with Crippen LogP contribution in [0.4, 0.5) is 0 Å². The Balaban J connectivity index is 0.000000212. The first kappa shape index (κ1) is 18.8. The molecule has 0 amide bonds. The molecule has 1 aromatic heterocycles. The van der Waals surface area contributed by atoms with Gasteiger partial charge in [0.1, 0.15) is 6.07 Å². The van der Waals surface area contributed by atoms with E-state index in [-0.39, 0.29) is 4.90 Å². The maximum Gasteiger partial charge on any atom is 0.238 e. The van der Waals surface area contributed by atoms with Gasteiger partial charge in [-0.2, -0.15) is 16.6 Å². The fraction of sp³-hybridized carbons (Fsp3) is 0.0556. The Morgan fingerprint density at radius 3 is 2.20 bits per heavy atom. The molecule has 0 fully saturated rings. The van der Waals surface area contributed by atoms with Crippen LogP contribution in [0.1, 0.15) is 11.1 Å². The fourth-order valence-corrected chi connectivity index (χ4v) is 3.71. The van der Waals surface area contributed by atoms with Crippen molar-refractivity contribution in [2.45, 2.75) is 11.4 Å². The number of sulfonamides is 1. The highest BCUT2D eigenvalue weighted by Gasteiger charge is 2.13. The Morgan fingerprint density at radius 2 is 1.64 bits per heavy atom. The van der Waals surface area contributed by atoms with Gasteiger partial charge in [0.25, 0.3) is 0 Å². The summed E-state index contributed by atoms with van der Waals surface area (Å²) in [5.41, 5.74) is 8.45. The zero-order chi connectivity index (χ0) is 18.3. The van der Waals surface area contributed by atoms with Crippen molar-refractivity contribution in [3.63, 3.8) is 0 Å². The predicted octanol–water partition coefficient (Wildman–Crippen LogP) is 3.08. The van der Waals surface area contributed by atoms with Crippen LogP contribution < -0.4 is 10.9 Å². The highest BCUT2D eigenvalue weighted by Crippen LogP contribution is 2.25. The number of nitriles is 1. The molecule has 0 aliphatic heterocycles. The Morgan fingerprint density at radius 1 is 1.00 bits per heavy atom. The van der Waals surface area contributed by atoms with E-state index in [1.165, 1.54) is 17.4 Å². The van der Waals surface area contributed by atoms with Gasteiger partial charge in [0.2, 0.25) is 10.0 Å². The Labute approximate surface area is 151 Å². The number of primary sulfonamides is 1. The minimum absolute atomic E-state index is 0.154. The molecular weight excluding hydrogens is 354 g/mol. The molecule has 0 saturated heterocycles. The van der Waals surface area contributed by atoms with Crippen molar-refractivity contribution >= 4 is 21.4 Å². The molecule has 25 heavy (non-hydrogen) atoms. The molecule has 7 heteroatoms. The van der Waals surface area contributed by atoms with E-state index in [1.807, 2.05) is 41.1 Å². The van der Waals surface area contributed by atoms with Crippen molar-refractivity contribution in [1.29, 1.82) is 5.26 Å². The monoisotopic (exact) mass is 371 g/mol. The van der Waals surface area contributed by atoms with Gasteiger partial charge >= 0.3 is 0 Å². The van der Waals surface area contributed by atoms with E-state index in [2.05, 4.69) is 6.07 Å². The number of benzene rings is 2. The molecule has 3 rings (SSSR count). The zero-order valence-electron chi connectivity index (χ0n) is 13.3. The molecule has 128 valence electrons. The van der Waals surface area contributed by atoms with Crippen LogP contribution in [0.2, 0.25) is 0 Å². The van der Waals surface area contributed by atoms with Crippen molar-refractivity contribution in [2.75, 3.05) is 0 Å². The lowest BCUT2D eigenvalue weighted by Crippen LogP contribution is -2.13. The second kappa shape index (κ2) is 8.55. The van der Waals surface area contributed by atoms with E-state index in [4.69, 9.17) is 16.1 Å². The van der Waals surface area contributed by atoms with Crippen LogP contribution >= 0.6 is 11.3 Å². The normalized spacial score (nSPS) is 10.4. The maximum atomic E-state index is 11.4. The largest absolute Gasteiger partial charge is 0.326 e. The minimum Gasteiger partial charge on any atom is -0.326 e. The Bertz CT molecular complexity index is 975. The van der Waals surface area contributed by atoms with Crippen molar-refractivity contribution in [3.8, 4) is 17.2 Å². The smallest absolute Gasteiger partial charge is 0.238 e. The van der Waals surface area contributed by atoms with E-state index >= 15 is 0 Å². The number of thiophene rings is 1. The first-order valence-corrected chi connectivity index (χ1v) is 9.78. The van der Waals surface area contributed by atoms with Gasteiger partial charge in [-0.1, -0.05) is 48.5 Å². The summed E-state index contributed by atoms with van der Waals surface area (Å²) in [5.74, 6) is 0. The van der Waals surface area contributed by atoms with Crippen LogP contribution in [-0.2, 0) is 16.6 Å². The van der Waals surface area contributed by atoms with E-state index in [0.717, 1.165) is 11.1 Å². The maximum absolute atomic E-state index is 11.4. The van der Waals surface area contributed by atoms with E-state index in [1.54, 1.807) is 18.2 Å². The molecule has 0 radical (unpaired) electrons. The average Bonchev–Trinajstić information content (AvgIpc) is 3.10. The summed E-state index contributed by atoms with van der Waals surface area (Å²) in [6, 6.07) is 18.1. The molecule has 0 saturated carbocycles. The highest BCUT2D eigenvalue weighted by molar-refractivity contribution is 7.89. The third kappa shape index (κ3) is 4.98. The molecule has 5 nitrogen and oxygen atoms in total. The van der Waals surface area contributed by atoms with Crippen LogP contribution in [0.25, 0.3) is 11.1 Å². The molecule has 3 aromatic rings. The van der Waals surface area contributed by atoms with Crippen molar-refractivity contribution in [2.24, 2.45) is 10.9 Å². The second-order valence-corrected chi connectivity index (χ2v) is 7.31. The molecule has 0 aliphatic carbocycles. The number of nitrogens with two attached hydrogens (primary N) is 2. The van der Waals surface area contributed by atoms with E-state index in [0.29, 0.717) is 17.7 Å². The number of rotatable bonds is 3. The summed E-state index contributed by atoms with van der Waals surface area (Å²) < 4.78 is 22.8. The van der Waals surface area contributed by atoms with Gasteiger partial charge in [0, 0.05) is 17.5 Å². The molecule has 0 spiro atoms. The van der Waals surface area contributed by atoms with E-state index in [9.17, 15) is 8.42 Å². The average molecular weight is 371 g/mol. The summed E-state index contributed by atoms with van der Waals surface area (Å²) in [6.07, 6.45) is 0. The Kier molecular flexibility index (Phi) is 6.44. The minimum atomic E-state index is -3.68. The topological polar surface area (TPSA) is 110 Å². The summed E-state index contributed by atoms with van der Waals surface area (Å²) in [6.45, 7) is 0.465. The highest BCUT2D eigenvalue weighted by atomic mass is 32.2. The molecule has 0 bridgehead atoms. The van der Waals surface area contributed by atoms with Crippen molar-refractivity contribution < 1.29 is 8.42 Å². The van der Waals surface area contributed by atoms with Crippen LogP contribution in [-0.4, -0.2) is 8.42 Å². The molecule has 2 aromatic carbocycles. The zero-order valence-corrected chi connectivity index (χ0v) is 14.9. The first-order chi connectivity index (χ1) is 12.0. The van der Waals surface area contributed by atoms with Gasteiger partial charge in [-0.05, 0) is 22.6 Å². The van der Waals surface area contributed by atoms with Crippen molar-refractivity contribution in [3.05, 3.63) is 76.5 Å². The van der Waals surface area contributed by atoms with Crippen LogP contribution in [0.3, 0.4) is 0 Å². The summed E-state index contributed by atoms with van der Waals surface area (Å²) >= 11 is 1.51. The van der Waals surface area contributed by atoms with E-state index < -0.39 is 10.0 Å². The van der Waals surface area contributed by atoms with Crippen molar-refractivity contribution in [1.82, 2.24) is 0 Å². The lowest BCUT2D eigenvalue weighted by molar-refractivity contribution is 0.598. The van der Waals surface area contributed by atoms with Gasteiger partial charge in [-0.3, -0.25) is 0 Å². The molecule has 0 atom stereocenters. The fourth-order valence-electron chi connectivity index (χ4n) is 2.15. The predicted molar refractivity (Wildman–Crippen MR) is 100 cm³/mol.